The van der Waals surface area contributed by atoms with Gasteiger partial charge in [-0.25, -0.2) is 12.7 Å². The Hall–Kier alpha value is -2.13. The zero-order valence-electron chi connectivity index (χ0n) is 23.7. The average Bonchev–Trinajstić information content (AvgIpc) is 2.86. The van der Waals surface area contributed by atoms with Crippen LogP contribution in [0.3, 0.4) is 0 Å². The molecular weight excluding hydrogens is 522 g/mol. The van der Waals surface area contributed by atoms with Gasteiger partial charge in [0, 0.05) is 45.2 Å². The van der Waals surface area contributed by atoms with Crippen LogP contribution >= 0.6 is 12.4 Å². The molecule has 0 aliphatic carbocycles. The summed E-state index contributed by atoms with van der Waals surface area (Å²) in [4.78, 5) is 17.6. The first-order valence-electron chi connectivity index (χ1n) is 13.1. The van der Waals surface area contributed by atoms with Crippen LogP contribution in [0.5, 0.6) is 5.75 Å². The third-order valence-corrected chi connectivity index (χ3v) is 9.51. The van der Waals surface area contributed by atoms with Gasteiger partial charge >= 0.3 is 0 Å². The monoisotopic (exact) mass is 565 g/mol. The second-order valence-corrected chi connectivity index (χ2v) is 12.6. The number of hydrogen-bond donors (Lipinski definition) is 0. The number of carbonyl (C=O) groups is 1. The number of aryl methyl sites for hydroxylation is 2. The minimum Gasteiger partial charge on any atom is -0.497 e. The molecule has 2 aromatic carbocycles. The zero-order valence-corrected chi connectivity index (χ0v) is 25.3. The van der Waals surface area contributed by atoms with E-state index in [0.717, 1.165) is 31.1 Å². The largest absolute Gasteiger partial charge is 0.497 e. The van der Waals surface area contributed by atoms with Crippen molar-refractivity contribution in [1.82, 2.24) is 9.21 Å². The van der Waals surface area contributed by atoms with Crippen LogP contribution in [0, 0.1) is 19.8 Å². The molecule has 7 nitrogen and oxygen atoms in total. The van der Waals surface area contributed by atoms with Crippen molar-refractivity contribution in [3.05, 3.63) is 53.1 Å². The fourth-order valence-electron chi connectivity index (χ4n) is 5.05. The van der Waals surface area contributed by atoms with Crippen LogP contribution in [0.15, 0.2) is 41.3 Å². The molecule has 1 heterocycles. The number of benzene rings is 2. The maximum Gasteiger partial charge on any atom is 0.243 e. The first-order valence-corrected chi connectivity index (χ1v) is 14.6. The summed E-state index contributed by atoms with van der Waals surface area (Å²) < 4.78 is 32.9. The zero-order chi connectivity index (χ0) is 27.2. The number of halogens is 1. The lowest BCUT2D eigenvalue weighted by atomic mass is 9.93. The van der Waals surface area contributed by atoms with Gasteiger partial charge in [0.25, 0.3) is 0 Å². The van der Waals surface area contributed by atoms with E-state index in [0.29, 0.717) is 23.3 Å². The highest BCUT2D eigenvalue weighted by molar-refractivity contribution is 7.89. The van der Waals surface area contributed by atoms with E-state index in [-0.39, 0.29) is 36.1 Å². The van der Waals surface area contributed by atoms with Gasteiger partial charge in [0.1, 0.15) is 11.5 Å². The molecule has 0 amide bonds. The highest BCUT2D eigenvalue weighted by Gasteiger charge is 2.26. The van der Waals surface area contributed by atoms with E-state index >= 15 is 0 Å². The number of carbonyl (C=O) groups excluding carboxylic acids is 1. The second-order valence-electron chi connectivity index (χ2n) is 10.6. The van der Waals surface area contributed by atoms with Crippen molar-refractivity contribution in [2.45, 2.75) is 50.8 Å². The predicted molar refractivity (Wildman–Crippen MR) is 157 cm³/mol. The summed E-state index contributed by atoms with van der Waals surface area (Å²) in [5, 5.41) is 0. The maximum absolute atomic E-state index is 13.2. The quantitative estimate of drug-likeness (QED) is 0.371. The lowest BCUT2D eigenvalue weighted by Crippen LogP contribution is -2.34. The Morgan fingerprint density at radius 1 is 1.00 bits per heavy atom. The maximum atomic E-state index is 13.2. The van der Waals surface area contributed by atoms with Gasteiger partial charge < -0.3 is 14.5 Å². The molecule has 0 saturated carbocycles. The highest BCUT2D eigenvalue weighted by Crippen LogP contribution is 2.28. The van der Waals surface area contributed by atoms with Crippen molar-refractivity contribution in [3.8, 4) is 5.75 Å². The highest BCUT2D eigenvalue weighted by atomic mass is 35.5. The lowest BCUT2D eigenvalue weighted by molar-refractivity contribution is -0.118. The fraction of sp³-hybridized carbons (Fsp3) is 0.552. The van der Waals surface area contributed by atoms with E-state index in [4.69, 9.17) is 4.74 Å². The molecule has 0 N–H and O–H groups in total. The van der Waals surface area contributed by atoms with Gasteiger partial charge in [-0.3, -0.25) is 4.79 Å². The third kappa shape index (κ3) is 8.43. The van der Waals surface area contributed by atoms with Crippen molar-refractivity contribution < 1.29 is 17.9 Å². The number of ketones is 1. The number of nitrogens with zero attached hydrogens (tertiary/aromatic N) is 3. The summed E-state index contributed by atoms with van der Waals surface area (Å²) in [6, 6.07) is 11.7. The molecule has 0 atom stereocenters. The van der Waals surface area contributed by atoms with Crippen molar-refractivity contribution in [1.29, 1.82) is 0 Å². The van der Waals surface area contributed by atoms with Crippen LogP contribution < -0.4 is 9.64 Å². The van der Waals surface area contributed by atoms with Gasteiger partial charge in [-0.05, 0) is 101 Å². The van der Waals surface area contributed by atoms with Gasteiger partial charge in [-0.1, -0.05) is 12.1 Å². The molecule has 1 fully saturated rings. The molecule has 9 heteroatoms. The number of sulfonamides is 1. The topological polar surface area (TPSA) is 70.2 Å². The molecular formula is C29H44ClN3O4S. The Labute approximate surface area is 235 Å². The van der Waals surface area contributed by atoms with E-state index in [1.54, 1.807) is 33.1 Å². The Bertz CT molecular complexity index is 1140. The normalized spacial score (nSPS) is 14.6. The summed E-state index contributed by atoms with van der Waals surface area (Å²) >= 11 is 0. The Kier molecular flexibility index (Phi) is 12.1. The van der Waals surface area contributed by atoms with Crippen LogP contribution in [0.2, 0.25) is 0 Å². The Morgan fingerprint density at radius 2 is 1.58 bits per heavy atom. The predicted octanol–water partition coefficient (Wildman–Crippen LogP) is 4.72. The number of piperidine rings is 1. The molecule has 1 saturated heterocycles. The van der Waals surface area contributed by atoms with E-state index in [1.807, 2.05) is 12.1 Å². The number of rotatable bonds is 12. The molecule has 212 valence electrons. The molecule has 0 bridgehead atoms. The molecule has 0 aromatic heterocycles. The second kappa shape index (κ2) is 14.3. The standard InChI is InChI=1S/C29H43N3O4S.ClH/c1-22-19-28(36-6)20-23(2)29(22)37(34,35)31(5)16-14-27(33)21-25-7-9-26(10-8-25)32-17-12-24(13-18-32)11-15-30(3)4;/h7-10,19-20,24H,11-18,21H2,1-6H3;1H. The summed E-state index contributed by atoms with van der Waals surface area (Å²) in [5.74, 6) is 1.46. The minimum atomic E-state index is -3.71. The minimum absolute atomic E-state index is 0. The van der Waals surface area contributed by atoms with Crippen LogP contribution in [0.1, 0.15) is 42.4 Å². The van der Waals surface area contributed by atoms with Gasteiger partial charge in [-0.2, -0.15) is 0 Å². The van der Waals surface area contributed by atoms with Crippen molar-refractivity contribution in [3.63, 3.8) is 0 Å². The molecule has 0 unspecified atom stereocenters. The smallest absolute Gasteiger partial charge is 0.243 e. The van der Waals surface area contributed by atoms with Crippen LogP contribution in [0.4, 0.5) is 5.69 Å². The summed E-state index contributed by atoms with van der Waals surface area (Å²) in [5.41, 5.74) is 3.43. The molecule has 2 aromatic rings. The SMILES string of the molecule is COc1cc(C)c(S(=O)(=O)N(C)CCC(=O)Cc2ccc(N3CCC(CCN(C)C)CC3)cc2)c(C)c1.Cl. The number of hydrogen-bond acceptors (Lipinski definition) is 6. The van der Waals surface area contributed by atoms with Crippen molar-refractivity contribution in [2.75, 3.05) is 59.3 Å². The fourth-order valence-corrected chi connectivity index (χ4v) is 6.63. The van der Waals surface area contributed by atoms with Gasteiger partial charge in [-0.15, -0.1) is 12.4 Å². The molecule has 38 heavy (non-hydrogen) atoms. The molecule has 1 aliphatic rings. The van der Waals surface area contributed by atoms with Gasteiger partial charge in [0.2, 0.25) is 10.0 Å². The average molecular weight is 566 g/mol. The van der Waals surface area contributed by atoms with E-state index in [1.165, 1.54) is 36.3 Å². The van der Waals surface area contributed by atoms with Crippen LogP contribution in [-0.2, 0) is 21.2 Å². The van der Waals surface area contributed by atoms with E-state index in [2.05, 4.69) is 36.0 Å². The molecule has 1 aliphatic heterocycles. The van der Waals surface area contributed by atoms with Crippen LogP contribution in [0.25, 0.3) is 0 Å². The molecule has 0 spiro atoms. The first-order chi connectivity index (χ1) is 17.5. The molecule has 0 radical (unpaired) electrons. The van der Waals surface area contributed by atoms with Gasteiger partial charge in [0.05, 0.1) is 12.0 Å². The van der Waals surface area contributed by atoms with E-state index < -0.39 is 10.0 Å². The van der Waals surface area contributed by atoms with E-state index in [9.17, 15) is 13.2 Å². The number of Topliss-reactive ketones (excluding diaryl/α,β-unsaturated/α-hetero) is 1. The summed E-state index contributed by atoms with van der Waals surface area (Å²) in [6.45, 7) is 6.97. The summed E-state index contributed by atoms with van der Waals surface area (Å²) in [7, 11) is 3.65. The Morgan fingerprint density at radius 3 is 2.11 bits per heavy atom. The van der Waals surface area contributed by atoms with Gasteiger partial charge in [0.15, 0.2) is 0 Å². The van der Waals surface area contributed by atoms with Crippen molar-refractivity contribution >= 4 is 33.9 Å². The lowest BCUT2D eigenvalue weighted by Gasteiger charge is -2.34. The van der Waals surface area contributed by atoms with Crippen molar-refractivity contribution in [2.24, 2.45) is 5.92 Å². The third-order valence-electron chi connectivity index (χ3n) is 7.35. The molecule has 3 rings (SSSR count). The first kappa shape index (κ1) is 32.1. The number of methoxy groups -OCH3 is 1. The van der Waals surface area contributed by atoms with Crippen LogP contribution in [-0.4, -0.2) is 77.8 Å². The Balaban J connectivity index is 0.00000507. The number of anilines is 1. The number of ether oxygens (including phenoxy) is 1. The summed E-state index contributed by atoms with van der Waals surface area (Å²) in [6.07, 6.45) is 4.19.